The van der Waals surface area contributed by atoms with Gasteiger partial charge in [0.15, 0.2) is 0 Å². The van der Waals surface area contributed by atoms with Gasteiger partial charge in [0.05, 0.1) is 16.3 Å². The van der Waals surface area contributed by atoms with Gasteiger partial charge in [-0.3, -0.25) is 10.2 Å². The lowest BCUT2D eigenvalue weighted by atomic mass is 9.93. The number of benzene rings is 1. The number of hydrogen-bond acceptors (Lipinski definition) is 6. The zero-order valence-corrected chi connectivity index (χ0v) is 18.5. The van der Waals surface area contributed by atoms with E-state index >= 15 is 0 Å². The van der Waals surface area contributed by atoms with Gasteiger partial charge in [0.2, 0.25) is 16.0 Å². The Balaban J connectivity index is 1.69. The van der Waals surface area contributed by atoms with Crippen molar-refractivity contribution in [1.29, 1.82) is 5.41 Å². The average Bonchev–Trinajstić information content (AvgIpc) is 3.10. The van der Waals surface area contributed by atoms with Crippen LogP contribution in [0.25, 0.3) is 10.1 Å². The smallest absolute Gasteiger partial charge is 0.274 e. The van der Waals surface area contributed by atoms with Crippen molar-refractivity contribution in [3.8, 4) is 0 Å². The molecule has 0 radical (unpaired) electrons. The first-order chi connectivity index (χ1) is 14.1. The minimum Gasteiger partial charge on any atom is -0.345 e. The van der Waals surface area contributed by atoms with Crippen molar-refractivity contribution in [3.05, 3.63) is 58.2 Å². The fourth-order valence-corrected chi connectivity index (χ4v) is 6.02. The largest absolute Gasteiger partial charge is 0.345 e. The number of carbonyl (C=O) groups excluding carboxylic acids is 1. The molecule has 1 aromatic carbocycles. The fraction of sp³-hybridized carbons (Fsp3) is 0.211. The predicted molar refractivity (Wildman–Crippen MR) is 119 cm³/mol. The lowest BCUT2D eigenvalue weighted by Crippen LogP contribution is -2.60. The summed E-state index contributed by atoms with van der Waals surface area (Å²) in [6, 6.07) is 8.57. The number of rotatable bonds is 3. The Morgan fingerprint density at radius 3 is 2.80 bits per heavy atom. The second-order valence-corrected chi connectivity index (χ2v) is 10.6. The van der Waals surface area contributed by atoms with Crippen LogP contribution in [0.4, 0.5) is 5.69 Å². The summed E-state index contributed by atoms with van der Waals surface area (Å²) >= 11 is 7.29. The summed E-state index contributed by atoms with van der Waals surface area (Å²) in [4.78, 5) is 16.5. The molecule has 4 rings (SSSR count). The number of carbonyl (C=O) groups is 1. The Labute approximate surface area is 182 Å². The second-order valence-electron chi connectivity index (χ2n) is 7.21. The lowest BCUT2D eigenvalue weighted by molar-refractivity contribution is 0.102. The maximum absolute atomic E-state index is 12.5. The van der Waals surface area contributed by atoms with Crippen LogP contribution < -0.4 is 10.6 Å². The zero-order chi connectivity index (χ0) is 21.7. The molecule has 1 aliphatic rings. The lowest BCUT2D eigenvalue weighted by Gasteiger charge is -2.39. The number of pyridine rings is 1. The van der Waals surface area contributed by atoms with E-state index in [1.165, 1.54) is 30.6 Å². The maximum atomic E-state index is 12.5. The average molecular weight is 464 g/mol. The van der Waals surface area contributed by atoms with Gasteiger partial charge in [0.25, 0.3) is 5.91 Å². The zero-order valence-electron chi connectivity index (χ0n) is 16.1. The Morgan fingerprint density at radius 2 is 2.13 bits per heavy atom. The Hall–Kier alpha value is -2.69. The van der Waals surface area contributed by atoms with Crippen LogP contribution in [0.5, 0.6) is 0 Å². The number of hydrogen-bond donors (Lipinski definition) is 3. The summed E-state index contributed by atoms with van der Waals surface area (Å²) in [7, 11) is -2.26. The molecule has 1 fully saturated rings. The van der Waals surface area contributed by atoms with E-state index < -0.39 is 15.6 Å². The molecule has 1 unspecified atom stereocenters. The van der Waals surface area contributed by atoms with Gasteiger partial charge >= 0.3 is 0 Å². The third kappa shape index (κ3) is 3.62. The highest BCUT2D eigenvalue weighted by Crippen LogP contribution is 2.37. The van der Waals surface area contributed by atoms with Gasteiger partial charge in [-0.1, -0.05) is 11.6 Å². The molecule has 11 heteroatoms. The normalized spacial score (nSPS) is 20.8. The molecule has 3 heterocycles. The molecule has 1 aliphatic heterocycles. The van der Waals surface area contributed by atoms with Crippen LogP contribution in [0.15, 0.2) is 41.9 Å². The standard InChI is InChI=1S/C19H18ClN5O3S2/c1-19(10-30(27,28)25(2)18(21)24-19)14-9-29-16-6-4-12(7-13(14)16)23-17(26)15-5-3-11(20)8-22-15/h3-9H,10H2,1-2H3,(H2,21,24)(H,23,26). The first-order valence-corrected chi connectivity index (χ1v) is 11.7. The number of sulfonamides is 1. The van der Waals surface area contributed by atoms with Gasteiger partial charge in [0, 0.05) is 29.0 Å². The third-order valence-corrected chi connectivity index (χ3v) is 8.13. The number of thiophene rings is 1. The van der Waals surface area contributed by atoms with Crippen LogP contribution in [-0.4, -0.2) is 42.4 Å². The molecule has 0 saturated carbocycles. The van der Waals surface area contributed by atoms with Crippen molar-refractivity contribution in [3.63, 3.8) is 0 Å². The number of halogens is 1. The number of guanidine groups is 1. The quantitative estimate of drug-likeness (QED) is 0.551. The van der Waals surface area contributed by atoms with Crippen molar-refractivity contribution in [2.45, 2.75) is 12.5 Å². The van der Waals surface area contributed by atoms with Crippen molar-refractivity contribution < 1.29 is 13.2 Å². The van der Waals surface area contributed by atoms with E-state index in [4.69, 9.17) is 17.0 Å². The predicted octanol–water partition coefficient (Wildman–Crippen LogP) is 3.22. The molecule has 3 aromatic rings. The molecule has 8 nitrogen and oxygen atoms in total. The first-order valence-electron chi connectivity index (χ1n) is 8.87. The van der Waals surface area contributed by atoms with E-state index in [1.54, 1.807) is 25.1 Å². The number of nitrogens with zero attached hydrogens (tertiary/aromatic N) is 2. The van der Waals surface area contributed by atoms with Gasteiger partial charge in [-0.25, -0.2) is 17.7 Å². The molecule has 1 amide bonds. The van der Waals surface area contributed by atoms with Crippen molar-refractivity contribution in [2.24, 2.45) is 0 Å². The van der Waals surface area contributed by atoms with Gasteiger partial charge in [-0.15, -0.1) is 11.3 Å². The molecule has 0 bridgehead atoms. The Morgan fingerprint density at radius 1 is 1.37 bits per heavy atom. The molecule has 0 aliphatic carbocycles. The third-order valence-electron chi connectivity index (χ3n) is 4.98. The van der Waals surface area contributed by atoms with E-state index in [2.05, 4.69) is 15.6 Å². The van der Waals surface area contributed by atoms with Crippen molar-refractivity contribution in [1.82, 2.24) is 14.6 Å². The van der Waals surface area contributed by atoms with Crippen LogP contribution in [0.3, 0.4) is 0 Å². The number of fused-ring (bicyclic) bond motifs is 1. The van der Waals surface area contributed by atoms with Crippen molar-refractivity contribution in [2.75, 3.05) is 18.1 Å². The topological polar surface area (TPSA) is 115 Å². The first kappa shape index (κ1) is 20.6. The molecule has 3 N–H and O–H groups in total. The summed E-state index contributed by atoms with van der Waals surface area (Å²) in [5, 5.41) is 17.0. The van der Waals surface area contributed by atoms with Crippen LogP contribution in [0.1, 0.15) is 23.0 Å². The summed E-state index contributed by atoms with van der Waals surface area (Å²) in [5.74, 6) is -0.743. The van der Waals surface area contributed by atoms with E-state index in [-0.39, 0.29) is 23.3 Å². The van der Waals surface area contributed by atoms with Gasteiger partial charge < -0.3 is 10.6 Å². The number of anilines is 1. The van der Waals surface area contributed by atoms with Crippen LogP contribution in [-0.2, 0) is 15.6 Å². The summed E-state index contributed by atoms with van der Waals surface area (Å²) in [6.45, 7) is 1.76. The van der Waals surface area contributed by atoms with Crippen molar-refractivity contribution >= 4 is 60.6 Å². The molecule has 1 atom stereocenters. The van der Waals surface area contributed by atoms with E-state index in [9.17, 15) is 13.2 Å². The minimum atomic E-state index is -3.62. The molecule has 1 saturated heterocycles. The van der Waals surface area contributed by atoms with Crippen LogP contribution in [0, 0.1) is 5.41 Å². The van der Waals surface area contributed by atoms with Gasteiger partial charge in [0.1, 0.15) is 5.69 Å². The molecule has 156 valence electrons. The van der Waals surface area contributed by atoms with E-state index in [0.717, 1.165) is 20.0 Å². The molecule has 2 aromatic heterocycles. The SMILES string of the molecule is CN1C(=N)NC(C)(c2csc3ccc(NC(=O)c4ccc(Cl)cn4)cc23)CS1(=O)=O. The van der Waals surface area contributed by atoms with Gasteiger partial charge in [-0.2, -0.15) is 0 Å². The van der Waals surface area contributed by atoms with Crippen LogP contribution in [0.2, 0.25) is 5.02 Å². The van der Waals surface area contributed by atoms with E-state index in [0.29, 0.717) is 10.7 Å². The Kier molecular flexibility index (Phi) is 4.95. The molecule has 0 spiro atoms. The summed E-state index contributed by atoms with van der Waals surface area (Å²) in [6.07, 6.45) is 1.40. The van der Waals surface area contributed by atoms with Crippen LogP contribution >= 0.6 is 22.9 Å². The number of amides is 1. The fourth-order valence-electron chi connectivity index (χ4n) is 3.36. The minimum absolute atomic E-state index is 0.179. The van der Waals surface area contributed by atoms with Gasteiger partial charge in [-0.05, 0) is 48.2 Å². The summed E-state index contributed by atoms with van der Waals surface area (Å²) < 4.78 is 26.9. The monoisotopic (exact) mass is 463 g/mol. The Bertz CT molecular complexity index is 1270. The second kappa shape index (κ2) is 7.22. The molecular formula is C19H18ClN5O3S2. The molecular weight excluding hydrogens is 446 g/mol. The highest BCUT2D eigenvalue weighted by atomic mass is 35.5. The number of aromatic nitrogens is 1. The highest BCUT2D eigenvalue weighted by Gasteiger charge is 2.43. The number of nitrogens with one attached hydrogen (secondary N) is 3. The summed E-state index contributed by atoms with van der Waals surface area (Å²) in [5.41, 5.74) is 0.567. The molecule has 30 heavy (non-hydrogen) atoms. The van der Waals surface area contributed by atoms with E-state index in [1.807, 2.05) is 11.4 Å². The highest BCUT2D eigenvalue weighted by molar-refractivity contribution is 7.89. The maximum Gasteiger partial charge on any atom is 0.274 e.